The fourth-order valence-electron chi connectivity index (χ4n) is 1.51. The van der Waals surface area contributed by atoms with Gasteiger partial charge in [-0.15, -0.1) is 0 Å². The molecule has 1 aromatic rings. The van der Waals surface area contributed by atoms with Crippen LogP contribution in [0.15, 0.2) is 30.3 Å². The van der Waals surface area contributed by atoms with Gasteiger partial charge in [-0.25, -0.2) is 8.42 Å². The number of rotatable bonds is 6. The number of benzene rings is 1. The maximum absolute atomic E-state index is 10.4. The van der Waals surface area contributed by atoms with E-state index in [0.717, 1.165) is 12.0 Å². The van der Waals surface area contributed by atoms with Crippen LogP contribution in [0, 0.1) is 0 Å². The largest absolute Gasteiger partial charge is 1.00 e. The van der Waals surface area contributed by atoms with Crippen molar-refractivity contribution in [3.63, 3.8) is 0 Å². The van der Waals surface area contributed by atoms with Crippen LogP contribution >= 0.6 is 0 Å². The maximum atomic E-state index is 10.4. The first kappa shape index (κ1) is 17.1. The summed E-state index contributed by atoms with van der Waals surface area (Å²) < 4.78 is 31.1. The summed E-state index contributed by atoms with van der Waals surface area (Å²) in [4.78, 5) is 0. The summed E-state index contributed by atoms with van der Waals surface area (Å²) in [6, 6.07) is 9.71. The molecule has 0 heterocycles. The van der Waals surface area contributed by atoms with E-state index in [1.807, 2.05) is 30.3 Å². The van der Waals surface area contributed by atoms with Gasteiger partial charge in [-0.2, -0.15) is 0 Å². The fraction of sp³-hybridized carbons (Fsp3) is 0.455. The third-order valence-corrected chi connectivity index (χ3v) is 3.04. The second-order valence-electron chi connectivity index (χ2n) is 3.76. The average Bonchev–Trinajstić information content (AvgIpc) is 2.16. The van der Waals surface area contributed by atoms with E-state index in [-0.39, 0.29) is 29.6 Å². The van der Waals surface area contributed by atoms with Gasteiger partial charge in [0, 0.05) is 0 Å². The van der Waals surface area contributed by atoms with Crippen molar-refractivity contribution in [2.24, 2.45) is 0 Å². The van der Waals surface area contributed by atoms with Crippen molar-refractivity contribution in [2.75, 3.05) is 5.75 Å². The van der Waals surface area contributed by atoms with Crippen LogP contribution in [0.2, 0.25) is 0 Å². The molecule has 17 heavy (non-hydrogen) atoms. The van der Waals surface area contributed by atoms with E-state index in [1.54, 1.807) is 0 Å². The summed E-state index contributed by atoms with van der Waals surface area (Å²) in [5.74, 6) is -0.693. The minimum Gasteiger partial charge on any atom is -0.748 e. The van der Waals surface area contributed by atoms with Crippen molar-refractivity contribution in [3.05, 3.63) is 35.9 Å². The number of hydrogen-bond donors (Lipinski definition) is 1. The molecule has 1 unspecified atom stereocenters. The Morgan fingerprint density at radius 1 is 1.24 bits per heavy atom. The van der Waals surface area contributed by atoms with Gasteiger partial charge in [-0.1, -0.05) is 30.3 Å². The number of aliphatic hydroxyl groups excluding tert-OH is 1. The number of hydrogen-bond acceptors (Lipinski definition) is 4. The minimum absolute atomic E-state index is 0. The third-order valence-electron chi connectivity index (χ3n) is 2.24. The second-order valence-corrected chi connectivity index (χ2v) is 5.20. The van der Waals surface area contributed by atoms with Gasteiger partial charge in [0.15, 0.2) is 0 Å². The Morgan fingerprint density at radius 2 is 1.82 bits per heavy atom. The zero-order chi connectivity index (χ0) is 12.0. The Balaban J connectivity index is 0.00000256. The molecule has 0 saturated carbocycles. The second kappa shape index (κ2) is 8.24. The van der Waals surface area contributed by atoms with Crippen LogP contribution < -0.4 is 29.6 Å². The molecule has 90 valence electrons. The van der Waals surface area contributed by atoms with Crippen LogP contribution in [0.25, 0.3) is 0 Å². The summed E-state index contributed by atoms with van der Waals surface area (Å²) in [6.07, 6.45) is 0.722. The molecule has 1 N–H and O–H groups in total. The van der Waals surface area contributed by atoms with E-state index < -0.39 is 22.0 Å². The van der Waals surface area contributed by atoms with E-state index in [4.69, 9.17) is 0 Å². The quantitative estimate of drug-likeness (QED) is 0.473. The monoisotopic (exact) mass is 266 g/mol. The predicted molar refractivity (Wildman–Crippen MR) is 60.0 cm³/mol. The van der Waals surface area contributed by atoms with Crippen molar-refractivity contribution in [1.29, 1.82) is 0 Å². The standard InChI is InChI=1S/C11H16O4S.Na/c12-11(9-16(13,14)15)8-4-7-10-5-2-1-3-6-10;/h1-3,5-6,11-12H,4,7-9H2,(H,13,14,15);/q;+1/p-1. The van der Waals surface area contributed by atoms with Gasteiger partial charge in [-0.05, 0) is 24.8 Å². The zero-order valence-electron chi connectivity index (χ0n) is 9.87. The number of aryl methyl sites for hydroxylation is 1. The van der Waals surface area contributed by atoms with Crippen LogP contribution in [-0.2, 0) is 16.5 Å². The predicted octanol–water partition coefficient (Wildman–Crippen LogP) is -2.08. The van der Waals surface area contributed by atoms with Crippen LogP contribution in [0.1, 0.15) is 18.4 Å². The molecule has 1 aromatic carbocycles. The normalized spacial score (nSPS) is 12.8. The fourth-order valence-corrected chi connectivity index (χ4v) is 2.14. The third kappa shape index (κ3) is 8.77. The molecular formula is C11H15NaO4S. The molecule has 0 fully saturated rings. The van der Waals surface area contributed by atoms with E-state index in [0.29, 0.717) is 12.8 Å². The molecule has 0 aliphatic carbocycles. The van der Waals surface area contributed by atoms with Crippen molar-refractivity contribution in [2.45, 2.75) is 25.4 Å². The van der Waals surface area contributed by atoms with Gasteiger partial charge in [0.25, 0.3) is 0 Å². The first-order valence-electron chi connectivity index (χ1n) is 5.13. The van der Waals surface area contributed by atoms with Crippen LogP contribution in [-0.4, -0.2) is 29.9 Å². The summed E-state index contributed by atoms with van der Waals surface area (Å²) in [6.45, 7) is 0. The Morgan fingerprint density at radius 3 is 2.35 bits per heavy atom. The van der Waals surface area contributed by atoms with Crippen molar-refractivity contribution in [3.8, 4) is 0 Å². The van der Waals surface area contributed by atoms with E-state index in [2.05, 4.69) is 0 Å². The Labute approximate surface area is 124 Å². The molecule has 1 atom stereocenters. The van der Waals surface area contributed by atoms with Crippen molar-refractivity contribution < 1.29 is 47.6 Å². The van der Waals surface area contributed by atoms with Gasteiger partial charge in [0.2, 0.25) is 0 Å². The SMILES string of the molecule is O=S(=O)([O-])CC(O)CCCc1ccccc1.[Na+]. The van der Waals surface area contributed by atoms with Gasteiger partial charge in [-0.3, -0.25) is 0 Å². The first-order chi connectivity index (χ1) is 7.47. The van der Waals surface area contributed by atoms with Gasteiger partial charge >= 0.3 is 29.6 Å². The molecule has 0 aliphatic heterocycles. The van der Waals surface area contributed by atoms with Gasteiger partial charge < -0.3 is 9.66 Å². The summed E-state index contributed by atoms with van der Waals surface area (Å²) in [5, 5.41) is 9.28. The Kier molecular flexibility index (Phi) is 8.28. The molecule has 0 spiro atoms. The van der Waals surface area contributed by atoms with Gasteiger partial charge in [0.05, 0.1) is 22.0 Å². The van der Waals surface area contributed by atoms with Crippen molar-refractivity contribution in [1.82, 2.24) is 0 Å². The summed E-state index contributed by atoms with van der Waals surface area (Å²) in [5.41, 5.74) is 1.14. The smallest absolute Gasteiger partial charge is 0.748 e. The molecular weight excluding hydrogens is 251 g/mol. The molecule has 0 aliphatic rings. The van der Waals surface area contributed by atoms with E-state index >= 15 is 0 Å². The van der Waals surface area contributed by atoms with Crippen LogP contribution in [0.5, 0.6) is 0 Å². The molecule has 0 saturated heterocycles. The first-order valence-corrected chi connectivity index (χ1v) is 6.70. The van der Waals surface area contributed by atoms with Crippen molar-refractivity contribution >= 4 is 10.1 Å². The van der Waals surface area contributed by atoms with E-state index in [9.17, 15) is 18.1 Å². The summed E-state index contributed by atoms with van der Waals surface area (Å²) >= 11 is 0. The molecule has 0 radical (unpaired) electrons. The maximum Gasteiger partial charge on any atom is 1.00 e. The topological polar surface area (TPSA) is 77.4 Å². The Bertz CT molecular complexity index is 405. The van der Waals surface area contributed by atoms with Crippen LogP contribution in [0.3, 0.4) is 0 Å². The van der Waals surface area contributed by atoms with Gasteiger partial charge in [0.1, 0.15) is 0 Å². The summed E-state index contributed by atoms with van der Waals surface area (Å²) in [7, 11) is -4.32. The van der Waals surface area contributed by atoms with E-state index in [1.165, 1.54) is 0 Å². The van der Waals surface area contributed by atoms with Crippen LogP contribution in [0.4, 0.5) is 0 Å². The molecule has 4 nitrogen and oxygen atoms in total. The molecule has 1 rings (SSSR count). The molecule has 0 bridgehead atoms. The molecule has 0 aromatic heterocycles. The number of aliphatic hydroxyl groups is 1. The molecule has 0 amide bonds. The zero-order valence-corrected chi connectivity index (χ0v) is 12.7. The molecule has 6 heteroatoms. The Hall–Kier alpha value is 0.0900. The average molecular weight is 266 g/mol. The minimum atomic E-state index is -4.32.